The van der Waals surface area contributed by atoms with E-state index in [9.17, 15) is 4.79 Å². The predicted molar refractivity (Wildman–Crippen MR) is 138 cm³/mol. The van der Waals surface area contributed by atoms with Gasteiger partial charge in [-0.15, -0.1) is 0 Å². The van der Waals surface area contributed by atoms with Crippen molar-refractivity contribution >= 4 is 16.9 Å². The number of benzene rings is 1. The molecule has 0 radical (unpaired) electrons. The van der Waals surface area contributed by atoms with Crippen LogP contribution in [0, 0.1) is 0 Å². The Balaban J connectivity index is 1.33. The van der Waals surface area contributed by atoms with Gasteiger partial charge in [-0.3, -0.25) is 14.5 Å². The molecule has 0 aliphatic heterocycles. The van der Waals surface area contributed by atoms with Crippen molar-refractivity contribution in [3.8, 4) is 11.3 Å². The van der Waals surface area contributed by atoms with E-state index in [1.165, 1.54) is 0 Å². The minimum atomic E-state index is -0.205. The average molecular weight is 490 g/mol. The molecule has 1 N–H and O–H groups in total. The first-order valence-corrected chi connectivity index (χ1v) is 11.9. The van der Waals surface area contributed by atoms with Gasteiger partial charge in [0.2, 0.25) is 0 Å². The van der Waals surface area contributed by atoms with E-state index < -0.39 is 0 Å². The molecule has 0 unspecified atom stereocenters. The lowest BCUT2D eigenvalue weighted by Gasteiger charge is -2.12. The van der Waals surface area contributed by atoms with Crippen molar-refractivity contribution in [1.82, 2.24) is 34.8 Å². The molecule has 5 heterocycles. The molecule has 0 spiro atoms. The fraction of sp³-hybridized carbons (Fsp3) is 0.107. The number of fused-ring (bicyclic) bond motifs is 1. The predicted octanol–water partition coefficient (Wildman–Crippen LogP) is 4.31. The maximum Gasteiger partial charge on any atom is 0.252 e. The largest absolute Gasteiger partial charge is 0.467 e. The highest BCUT2D eigenvalue weighted by Gasteiger charge is 2.18. The van der Waals surface area contributed by atoms with Crippen LogP contribution in [-0.2, 0) is 19.6 Å². The zero-order chi connectivity index (χ0) is 25.0. The summed E-state index contributed by atoms with van der Waals surface area (Å²) in [6.45, 7) is 1.41. The van der Waals surface area contributed by atoms with Crippen LogP contribution >= 0.6 is 0 Å². The maximum atomic E-state index is 13.5. The molecule has 182 valence electrons. The summed E-state index contributed by atoms with van der Waals surface area (Å²) in [4.78, 5) is 22.6. The van der Waals surface area contributed by atoms with Gasteiger partial charge < -0.3 is 9.73 Å². The lowest BCUT2D eigenvalue weighted by atomic mass is 10.1. The van der Waals surface area contributed by atoms with E-state index in [1.807, 2.05) is 65.5 Å². The summed E-state index contributed by atoms with van der Waals surface area (Å²) in [5, 5.41) is 12.6. The Kier molecular flexibility index (Phi) is 6.00. The number of nitrogens with zero attached hydrogens (tertiary/aromatic N) is 6. The van der Waals surface area contributed by atoms with Crippen LogP contribution < -0.4 is 5.32 Å². The average Bonchev–Trinajstić information content (AvgIpc) is 3.72. The van der Waals surface area contributed by atoms with Gasteiger partial charge in [0.05, 0.1) is 35.6 Å². The van der Waals surface area contributed by atoms with Crippen LogP contribution in [0.4, 0.5) is 0 Å². The van der Waals surface area contributed by atoms with E-state index in [0.29, 0.717) is 41.9 Å². The van der Waals surface area contributed by atoms with Gasteiger partial charge in [-0.05, 0) is 47.5 Å². The normalized spacial score (nSPS) is 11.1. The number of rotatable bonds is 8. The fourth-order valence-corrected chi connectivity index (χ4v) is 4.29. The highest BCUT2D eigenvalue weighted by molar-refractivity contribution is 6.06. The molecule has 0 bridgehead atoms. The fourth-order valence-electron chi connectivity index (χ4n) is 4.29. The second kappa shape index (κ2) is 9.90. The van der Waals surface area contributed by atoms with Gasteiger partial charge in [0.15, 0.2) is 5.65 Å². The number of carbonyl (C=O) groups excluding carboxylic acids is 1. The minimum absolute atomic E-state index is 0.205. The topological polar surface area (TPSA) is 104 Å². The van der Waals surface area contributed by atoms with Crippen molar-refractivity contribution in [2.75, 3.05) is 0 Å². The lowest BCUT2D eigenvalue weighted by Crippen LogP contribution is -2.24. The summed E-state index contributed by atoms with van der Waals surface area (Å²) in [5.74, 6) is 0.544. The first-order chi connectivity index (χ1) is 18.2. The molecule has 9 nitrogen and oxygen atoms in total. The third-order valence-electron chi connectivity index (χ3n) is 6.15. The van der Waals surface area contributed by atoms with Crippen molar-refractivity contribution in [3.63, 3.8) is 0 Å². The van der Waals surface area contributed by atoms with E-state index in [2.05, 4.69) is 20.5 Å². The zero-order valence-electron chi connectivity index (χ0n) is 19.9. The highest BCUT2D eigenvalue weighted by atomic mass is 16.3. The van der Waals surface area contributed by atoms with E-state index in [1.54, 1.807) is 41.8 Å². The standard InChI is InChI=1S/C28H23N7O2/c36-28(30-16-20-6-1-2-7-22(20)18-34-12-5-11-31-34)24-14-26(21-8-3-10-29-15-21)33-27-25(24)17-32-35(27)19-23-9-4-13-37-23/h1-15,17H,16,18-19H2,(H,30,36). The molecule has 6 aromatic rings. The smallest absolute Gasteiger partial charge is 0.252 e. The molecular weight excluding hydrogens is 466 g/mol. The molecule has 0 saturated heterocycles. The summed E-state index contributed by atoms with van der Waals surface area (Å²) >= 11 is 0. The van der Waals surface area contributed by atoms with Gasteiger partial charge in [0.1, 0.15) is 12.3 Å². The molecule has 1 aromatic carbocycles. The molecule has 1 amide bonds. The molecule has 0 aliphatic rings. The third kappa shape index (κ3) is 4.74. The molecule has 0 atom stereocenters. The first kappa shape index (κ1) is 22.4. The van der Waals surface area contributed by atoms with Gasteiger partial charge in [0, 0.05) is 36.9 Å². The lowest BCUT2D eigenvalue weighted by molar-refractivity contribution is 0.0952. The van der Waals surface area contributed by atoms with Gasteiger partial charge in [-0.25, -0.2) is 9.67 Å². The van der Waals surface area contributed by atoms with Crippen molar-refractivity contribution in [2.24, 2.45) is 0 Å². The molecule has 9 heteroatoms. The van der Waals surface area contributed by atoms with Gasteiger partial charge in [-0.2, -0.15) is 10.2 Å². The zero-order valence-corrected chi connectivity index (χ0v) is 19.9. The van der Waals surface area contributed by atoms with Crippen LogP contribution in [0.3, 0.4) is 0 Å². The Hall–Kier alpha value is -5.05. The number of nitrogens with one attached hydrogen (secondary N) is 1. The molecular formula is C28H23N7O2. The number of carbonyl (C=O) groups is 1. The second-order valence-corrected chi connectivity index (χ2v) is 8.57. The van der Waals surface area contributed by atoms with E-state index in [4.69, 9.17) is 9.40 Å². The monoisotopic (exact) mass is 489 g/mol. The summed E-state index contributed by atoms with van der Waals surface area (Å²) in [5.41, 5.74) is 4.67. The Bertz CT molecular complexity index is 1640. The van der Waals surface area contributed by atoms with E-state index in [-0.39, 0.29) is 5.91 Å². The van der Waals surface area contributed by atoms with E-state index >= 15 is 0 Å². The number of furan rings is 1. The van der Waals surface area contributed by atoms with Crippen molar-refractivity contribution in [3.05, 3.63) is 120 Å². The molecule has 0 fully saturated rings. The summed E-state index contributed by atoms with van der Waals surface area (Å²) < 4.78 is 9.10. The third-order valence-corrected chi connectivity index (χ3v) is 6.15. The second-order valence-electron chi connectivity index (χ2n) is 8.57. The van der Waals surface area contributed by atoms with Crippen LogP contribution in [0.1, 0.15) is 27.2 Å². The Morgan fingerprint density at radius 1 is 0.919 bits per heavy atom. The van der Waals surface area contributed by atoms with Crippen LogP contribution in [0.2, 0.25) is 0 Å². The number of hydrogen-bond donors (Lipinski definition) is 1. The summed E-state index contributed by atoms with van der Waals surface area (Å²) in [6.07, 6.45) is 10.4. The quantitative estimate of drug-likeness (QED) is 0.342. The van der Waals surface area contributed by atoms with Crippen LogP contribution in [-0.4, -0.2) is 35.4 Å². The number of pyridine rings is 2. The molecule has 5 aromatic heterocycles. The summed E-state index contributed by atoms with van der Waals surface area (Å²) in [7, 11) is 0. The molecule has 0 aliphatic carbocycles. The van der Waals surface area contributed by atoms with Crippen LogP contribution in [0.15, 0.2) is 102 Å². The molecule has 0 saturated carbocycles. The minimum Gasteiger partial charge on any atom is -0.467 e. The van der Waals surface area contributed by atoms with Crippen LogP contribution in [0.5, 0.6) is 0 Å². The van der Waals surface area contributed by atoms with E-state index in [0.717, 1.165) is 22.5 Å². The SMILES string of the molecule is O=C(NCc1ccccc1Cn1cccn1)c1cc(-c2cccnc2)nc2c1cnn2Cc1ccco1. The summed E-state index contributed by atoms with van der Waals surface area (Å²) in [6, 6.07) is 19.2. The van der Waals surface area contributed by atoms with Crippen molar-refractivity contribution in [2.45, 2.75) is 19.6 Å². The number of aromatic nitrogens is 6. The van der Waals surface area contributed by atoms with Crippen molar-refractivity contribution < 1.29 is 9.21 Å². The Morgan fingerprint density at radius 2 is 1.84 bits per heavy atom. The number of amides is 1. The van der Waals surface area contributed by atoms with Crippen LogP contribution in [0.25, 0.3) is 22.3 Å². The maximum absolute atomic E-state index is 13.5. The van der Waals surface area contributed by atoms with Crippen molar-refractivity contribution in [1.29, 1.82) is 0 Å². The van der Waals surface area contributed by atoms with Gasteiger partial charge >= 0.3 is 0 Å². The highest BCUT2D eigenvalue weighted by Crippen LogP contribution is 2.25. The van der Waals surface area contributed by atoms with Gasteiger partial charge in [0.25, 0.3) is 5.91 Å². The molecule has 37 heavy (non-hydrogen) atoms. The number of hydrogen-bond acceptors (Lipinski definition) is 6. The Labute approximate surface area is 212 Å². The first-order valence-electron chi connectivity index (χ1n) is 11.9. The Morgan fingerprint density at radius 3 is 2.62 bits per heavy atom. The molecule has 6 rings (SSSR count). The van der Waals surface area contributed by atoms with Gasteiger partial charge in [-0.1, -0.05) is 24.3 Å².